The third kappa shape index (κ3) is 2.27. The Balaban J connectivity index is 1.38. The van der Waals surface area contributed by atoms with Gasteiger partial charge in [-0.3, -0.25) is 0 Å². The van der Waals surface area contributed by atoms with Crippen LogP contribution in [0.5, 0.6) is 5.75 Å². The Morgan fingerprint density at radius 2 is 2.08 bits per heavy atom. The maximum atomic E-state index is 5.78. The van der Waals surface area contributed by atoms with Crippen LogP contribution in [-0.4, -0.2) is 30.4 Å². The Morgan fingerprint density at radius 1 is 1.17 bits per heavy atom. The molecule has 5 rings (SSSR count). The second-order valence-electron chi connectivity index (χ2n) is 6.01. The van der Waals surface area contributed by atoms with Crippen LogP contribution in [-0.2, 0) is 13.2 Å². The first-order valence-corrected chi connectivity index (χ1v) is 7.98. The van der Waals surface area contributed by atoms with Crippen LogP contribution < -0.4 is 10.1 Å². The molecule has 0 saturated heterocycles. The van der Waals surface area contributed by atoms with E-state index in [2.05, 4.69) is 31.0 Å². The van der Waals surface area contributed by atoms with Gasteiger partial charge in [-0.05, 0) is 41.5 Å². The molecule has 0 radical (unpaired) electrons. The lowest BCUT2D eigenvalue weighted by Gasteiger charge is -2.19. The fraction of sp³-hybridized carbons (Fsp3) is 0.312. The number of aromatic nitrogens is 6. The molecule has 8 heteroatoms. The highest BCUT2D eigenvalue weighted by Crippen LogP contribution is 2.36. The number of nitrogens with zero attached hydrogens (tertiary/aromatic N) is 6. The van der Waals surface area contributed by atoms with Crippen molar-refractivity contribution < 1.29 is 4.74 Å². The first-order valence-electron chi connectivity index (χ1n) is 7.98. The van der Waals surface area contributed by atoms with Crippen molar-refractivity contribution in [3.05, 3.63) is 41.7 Å². The molecule has 2 aromatic heterocycles. The zero-order valence-electron chi connectivity index (χ0n) is 12.9. The summed E-state index contributed by atoms with van der Waals surface area (Å²) in [5.74, 6) is 2.37. The number of anilines is 1. The van der Waals surface area contributed by atoms with E-state index in [0.29, 0.717) is 25.0 Å². The molecule has 0 unspecified atom stereocenters. The minimum Gasteiger partial charge on any atom is -0.488 e. The van der Waals surface area contributed by atoms with E-state index in [1.54, 1.807) is 0 Å². The van der Waals surface area contributed by atoms with Crippen molar-refractivity contribution >= 4 is 5.82 Å². The van der Waals surface area contributed by atoms with Gasteiger partial charge in [-0.15, -0.1) is 15.3 Å². The van der Waals surface area contributed by atoms with Crippen molar-refractivity contribution in [3.8, 4) is 17.0 Å². The Bertz CT molecular complexity index is 903. The number of para-hydroxylation sites is 1. The molecule has 0 spiro atoms. The average Bonchev–Trinajstić information content (AvgIpc) is 3.37. The second-order valence-corrected chi connectivity index (χ2v) is 6.01. The van der Waals surface area contributed by atoms with Crippen LogP contribution in [0.3, 0.4) is 0 Å². The van der Waals surface area contributed by atoms with E-state index in [4.69, 9.17) is 4.74 Å². The standard InChI is InChI=1S/C16H15N7O/c1-2-4-13-12(3-1)16-10(9-24-13)7-14(18-20-16)17-8-15-19-21-22-23(15)11-5-6-11/h1-4,7,11H,5-6,8-9H2,(H,17,18). The summed E-state index contributed by atoms with van der Waals surface area (Å²) >= 11 is 0. The smallest absolute Gasteiger partial charge is 0.170 e. The summed E-state index contributed by atoms with van der Waals surface area (Å²) in [5.41, 5.74) is 2.88. The highest BCUT2D eigenvalue weighted by molar-refractivity contribution is 5.72. The van der Waals surface area contributed by atoms with E-state index in [1.165, 1.54) is 0 Å². The van der Waals surface area contributed by atoms with Gasteiger partial charge in [0.2, 0.25) is 0 Å². The summed E-state index contributed by atoms with van der Waals surface area (Å²) in [7, 11) is 0. The van der Waals surface area contributed by atoms with Gasteiger partial charge in [0, 0.05) is 11.1 Å². The highest BCUT2D eigenvalue weighted by Gasteiger charge is 2.27. The molecule has 1 aromatic carbocycles. The van der Waals surface area contributed by atoms with Gasteiger partial charge in [0.1, 0.15) is 23.9 Å². The molecule has 2 aliphatic rings. The van der Waals surface area contributed by atoms with E-state index in [0.717, 1.165) is 41.2 Å². The molecule has 3 aromatic rings. The summed E-state index contributed by atoms with van der Waals surface area (Å²) < 4.78 is 7.67. The molecule has 1 N–H and O–H groups in total. The fourth-order valence-corrected chi connectivity index (χ4v) is 2.90. The number of ether oxygens (including phenoxy) is 1. The van der Waals surface area contributed by atoms with E-state index >= 15 is 0 Å². The topological polar surface area (TPSA) is 90.6 Å². The predicted molar refractivity (Wildman–Crippen MR) is 85.2 cm³/mol. The van der Waals surface area contributed by atoms with Gasteiger partial charge in [-0.1, -0.05) is 12.1 Å². The van der Waals surface area contributed by atoms with Crippen LogP contribution in [0.25, 0.3) is 11.3 Å². The zero-order valence-corrected chi connectivity index (χ0v) is 12.9. The van der Waals surface area contributed by atoms with Crippen molar-refractivity contribution in [3.63, 3.8) is 0 Å². The second kappa shape index (κ2) is 5.26. The minimum absolute atomic E-state index is 0.455. The SMILES string of the molecule is c1ccc2c(c1)OCc1cc(NCc3nnnn3C3CC3)nnc1-2. The monoisotopic (exact) mass is 321 g/mol. The van der Waals surface area contributed by atoms with Gasteiger partial charge >= 0.3 is 0 Å². The number of hydrogen-bond acceptors (Lipinski definition) is 7. The van der Waals surface area contributed by atoms with Gasteiger partial charge in [0.15, 0.2) is 5.82 Å². The first-order chi connectivity index (χ1) is 11.9. The molecule has 0 amide bonds. The molecule has 0 atom stereocenters. The average molecular weight is 321 g/mol. The van der Waals surface area contributed by atoms with Crippen molar-refractivity contribution in [2.75, 3.05) is 5.32 Å². The van der Waals surface area contributed by atoms with Crippen molar-refractivity contribution in [1.29, 1.82) is 0 Å². The molecular weight excluding hydrogens is 306 g/mol. The van der Waals surface area contributed by atoms with Crippen molar-refractivity contribution in [2.45, 2.75) is 32.0 Å². The lowest BCUT2D eigenvalue weighted by atomic mass is 10.0. The Morgan fingerprint density at radius 3 is 3.00 bits per heavy atom. The Hall–Kier alpha value is -3.03. The van der Waals surface area contributed by atoms with Crippen LogP contribution in [0.15, 0.2) is 30.3 Å². The molecule has 1 saturated carbocycles. The van der Waals surface area contributed by atoms with E-state index < -0.39 is 0 Å². The van der Waals surface area contributed by atoms with Gasteiger partial charge in [0.05, 0.1) is 12.6 Å². The summed E-state index contributed by atoms with van der Waals surface area (Å²) in [6, 6.07) is 10.3. The summed E-state index contributed by atoms with van der Waals surface area (Å²) in [6.45, 7) is 1.02. The predicted octanol–water partition coefficient (Wildman–Crippen LogP) is 1.97. The molecule has 1 aliphatic heterocycles. The van der Waals surface area contributed by atoms with Crippen LogP contribution in [0.4, 0.5) is 5.82 Å². The lowest BCUT2D eigenvalue weighted by Crippen LogP contribution is -2.12. The number of hydrogen-bond donors (Lipinski definition) is 1. The van der Waals surface area contributed by atoms with Gasteiger partial charge in [0.25, 0.3) is 0 Å². The summed E-state index contributed by atoms with van der Waals surface area (Å²) in [6.07, 6.45) is 2.29. The maximum Gasteiger partial charge on any atom is 0.170 e. The molecular formula is C16H15N7O. The third-order valence-electron chi connectivity index (χ3n) is 4.28. The van der Waals surface area contributed by atoms with Crippen molar-refractivity contribution in [1.82, 2.24) is 30.4 Å². The highest BCUT2D eigenvalue weighted by atomic mass is 16.5. The maximum absolute atomic E-state index is 5.78. The number of rotatable bonds is 4. The zero-order chi connectivity index (χ0) is 15.9. The van der Waals surface area contributed by atoms with E-state index in [1.807, 2.05) is 35.0 Å². The largest absolute Gasteiger partial charge is 0.488 e. The van der Waals surface area contributed by atoms with Gasteiger partial charge in [-0.2, -0.15) is 0 Å². The molecule has 1 aliphatic carbocycles. The summed E-state index contributed by atoms with van der Waals surface area (Å²) in [5, 5.41) is 23.8. The molecule has 24 heavy (non-hydrogen) atoms. The molecule has 120 valence electrons. The number of nitrogens with one attached hydrogen (secondary N) is 1. The quantitative estimate of drug-likeness (QED) is 0.785. The van der Waals surface area contributed by atoms with Crippen LogP contribution in [0.1, 0.15) is 30.3 Å². The number of benzene rings is 1. The first kappa shape index (κ1) is 13.4. The van der Waals surface area contributed by atoms with E-state index in [-0.39, 0.29) is 0 Å². The Kier molecular flexibility index (Phi) is 2.94. The normalized spacial score (nSPS) is 15.3. The van der Waals surface area contributed by atoms with E-state index in [9.17, 15) is 0 Å². The van der Waals surface area contributed by atoms with Crippen LogP contribution in [0, 0.1) is 0 Å². The number of tetrazole rings is 1. The molecule has 8 nitrogen and oxygen atoms in total. The Labute approximate surface area is 137 Å². The van der Waals surface area contributed by atoms with Crippen LogP contribution >= 0.6 is 0 Å². The summed E-state index contributed by atoms with van der Waals surface area (Å²) in [4.78, 5) is 0. The minimum atomic E-state index is 0.455. The van der Waals surface area contributed by atoms with Gasteiger partial charge in [-0.25, -0.2) is 4.68 Å². The number of fused-ring (bicyclic) bond motifs is 3. The van der Waals surface area contributed by atoms with Crippen LogP contribution in [0.2, 0.25) is 0 Å². The fourth-order valence-electron chi connectivity index (χ4n) is 2.90. The lowest BCUT2D eigenvalue weighted by molar-refractivity contribution is 0.301. The molecule has 3 heterocycles. The van der Waals surface area contributed by atoms with Gasteiger partial charge < -0.3 is 10.1 Å². The van der Waals surface area contributed by atoms with Crippen molar-refractivity contribution in [2.24, 2.45) is 0 Å². The molecule has 1 fully saturated rings. The molecule has 0 bridgehead atoms. The third-order valence-corrected chi connectivity index (χ3v) is 4.28.